The second-order valence-corrected chi connectivity index (χ2v) is 5.00. The Morgan fingerprint density at radius 1 is 1.10 bits per heavy atom. The molecule has 108 valence electrons. The van der Waals surface area contributed by atoms with E-state index in [2.05, 4.69) is 0 Å². The van der Waals surface area contributed by atoms with Crippen molar-refractivity contribution in [1.82, 2.24) is 4.90 Å². The van der Waals surface area contributed by atoms with Gasteiger partial charge in [-0.15, -0.1) is 0 Å². The summed E-state index contributed by atoms with van der Waals surface area (Å²) in [6, 6.07) is 15.3. The van der Waals surface area contributed by atoms with Gasteiger partial charge in [0.1, 0.15) is 12.4 Å². The van der Waals surface area contributed by atoms with E-state index in [-0.39, 0.29) is 5.91 Å². The average molecular weight is 285 g/mol. The van der Waals surface area contributed by atoms with Crippen molar-refractivity contribution in [3.05, 3.63) is 65.2 Å². The summed E-state index contributed by atoms with van der Waals surface area (Å²) in [5.41, 5.74) is 2.45. The lowest BCUT2D eigenvalue weighted by Gasteiger charge is -2.27. The summed E-state index contributed by atoms with van der Waals surface area (Å²) in [6.07, 6.45) is 0.660. The van der Waals surface area contributed by atoms with Crippen molar-refractivity contribution in [3.8, 4) is 5.75 Å². The maximum atomic E-state index is 12.9. The first-order valence-electron chi connectivity index (χ1n) is 6.93. The molecule has 1 aliphatic rings. The molecule has 0 aliphatic carbocycles. The SMILES string of the molecule is O=C1c2c(cccc2OCc2ccccc2)CCN1CF. The van der Waals surface area contributed by atoms with Gasteiger partial charge in [0.05, 0.1) is 5.56 Å². The van der Waals surface area contributed by atoms with Gasteiger partial charge in [-0.1, -0.05) is 42.5 Å². The standard InChI is InChI=1S/C17H16FNO2/c18-12-19-10-9-14-7-4-8-15(16(14)17(19)20)21-11-13-5-2-1-3-6-13/h1-8H,9-12H2. The monoisotopic (exact) mass is 285 g/mol. The van der Waals surface area contributed by atoms with Crippen molar-refractivity contribution in [1.29, 1.82) is 0 Å². The van der Waals surface area contributed by atoms with E-state index in [0.717, 1.165) is 11.1 Å². The van der Waals surface area contributed by atoms with E-state index in [0.29, 0.717) is 30.9 Å². The van der Waals surface area contributed by atoms with E-state index in [9.17, 15) is 9.18 Å². The van der Waals surface area contributed by atoms with Crippen LogP contribution in [-0.4, -0.2) is 24.2 Å². The molecule has 0 bridgehead atoms. The van der Waals surface area contributed by atoms with Crippen LogP contribution in [0.3, 0.4) is 0 Å². The highest BCUT2D eigenvalue weighted by atomic mass is 19.1. The summed E-state index contributed by atoms with van der Waals surface area (Å²) >= 11 is 0. The third-order valence-corrected chi connectivity index (χ3v) is 3.65. The molecule has 1 amide bonds. The van der Waals surface area contributed by atoms with Crippen molar-refractivity contribution in [2.75, 3.05) is 13.3 Å². The number of hydrogen-bond acceptors (Lipinski definition) is 2. The summed E-state index contributed by atoms with van der Waals surface area (Å²) in [5.74, 6) is 0.238. The fraction of sp³-hybridized carbons (Fsp3) is 0.235. The Kier molecular flexibility index (Phi) is 3.86. The summed E-state index contributed by atoms with van der Waals surface area (Å²) in [4.78, 5) is 13.5. The Balaban J connectivity index is 1.85. The third-order valence-electron chi connectivity index (χ3n) is 3.65. The van der Waals surface area contributed by atoms with Crippen LogP contribution in [-0.2, 0) is 13.0 Å². The molecule has 3 rings (SSSR count). The van der Waals surface area contributed by atoms with E-state index >= 15 is 0 Å². The maximum Gasteiger partial charge on any atom is 0.259 e. The molecule has 0 atom stereocenters. The van der Waals surface area contributed by atoms with Crippen LogP contribution < -0.4 is 4.74 Å². The maximum absolute atomic E-state index is 12.9. The first-order valence-corrected chi connectivity index (χ1v) is 6.93. The fourth-order valence-electron chi connectivity index (χ4n) is 2.51. The number of amides is 1. The van der Waals surface area contributed by atoms with Gasteiger partial charge in [0.15, 0.2) is 6.80 Å². The van der Waals surface area contributed by atoms with Crippen LogP contribution in [0.5, 0.6) is 5.75 Å². The first kappa shape index (κ1) is 13.6. The zero-order valence-electron chi connectivity index (χ0n) is 11.6. The number of carbonyl (C=O) groups is 1. The van der Waals surface area contributed by atoms with Crippen LogP contribution in [0.1, 0.15) is 21.5 Å². The zero-order valence-corrected chi connectivity index (χ0v) is 11.6. The van der Waals surface area contributed by atoms with Gasteiger partial charge in [-0.05, 0) is 23.6 Å². The molecule has 0 unspecified atom stereocenters. The molecular weight excluding hydrogens is 269 g/mol. The van der Waals surface area contributed by atoms with E-state index in [4.69, 9.17) is 4.74 Å². The number of carbonyl (C=O) groups excluding carboxylic acids is 1. The number of fused-ring (bicyclic) bond motifs is 1. The number of rotatable bonds is 4. The molecule has 0 radical (unpaired) electrons. The molecule has 2 aromatic carbocycles. The van der Waals surface area contributed by atoms with Crippen LogP contribution >= 0.6 is 0 Å². The van der Waals surface area contributed by atoms with Crippen molar-refractivity contribution in [3.63, 3.8) is 0 Å². The van der Waals surface area contributed by atoms with Gasteiger partial charge < -0.3 is 9.64 Å². The second kappa shape index (κ2) is 5.95. The Bertz CT molecular complexity index is 642. The number of hydrogen-bond donors (Lipinski definition) is 0. The van der Waals surface area contributed by atoms with E-state index in [1.165, 1.54) is 4.90 Å². The van der Waals surface area contributed by atoms with Gasteiger partial charge >= 0.3 is 0 Å². The number of alkyl halides is 1. The Hall–Kier alpha value is -2.36. The van der Waals surface area contributed by atoms with Crippen LogP contribution in [0.15, 0.2) is 48.5 Å². The van der Waals surface area contributed by atoms with E-state index < -0.39 is 6.80 Å². The summed E-state index contributed by atoms with van der Waals surface area (Å²) in [5, 5.41) is 0. The third kappa shape index (κ3) is 2.75. The van der Waals surface area contributed by atoms with Crippen LogP contribution in [0.2, 0.25) is 0 Å². The first-order chi connectivity index (χ1) is 10.3. The van der Waals surface area contributed by atoms with E-state index in [1.807, 2.05) is 42.5 Å². The van der Waals surface area contributed by atoms with Crippen molar-refractivity contribution >= 4 is 5.91 Å². The van der Waals surface area contributed by atoms with Crippen molar-refractivity contribution in [2.45, 2.75) is 13.0 Å². The minimum Gasteiger partial charge on any atom is -0.488 e. The number of nitrogens with zero attached hydrogens (tertiary/aromatic N) is 1. The average Bonchev–Trinajstić information content (AvgIpc) is 2.54. The molecule has 0 N–H and O–H groups in total. The molecule has 1 heterocycles. The topological polar surface area (TPSA) is 29.5 Å². The zero-order chi connectivity index (χ0) is 14.7. The molecule has 0 saturated carbocycles. The lowest BCUT2D eigenvalue weighted by molar-refractivity contribution is 0.0657. The van der Waals surface area contributed by atoms with Gasteiger partial charge in [-0.25, -0.2) is 4.39 Å². The summed E-state index contributed by atoms with van der Waals surface area (Å²) in [7, 11) is 0. The van der Waals surface area contributed by atoms with Gasteiger partial charge in [-0.2, -0.15) is 0 Å². The lowest BCUT2D eigenvalue weighted by atomic mass is 9.98. The quantitative estimate of drug-likeness (QED) is 0.807. The molecule has 4 heteroatoms. The van der Waals surface area contributed by atoms with Gasteiger partial charge in [0.25, 0.3) is 5.91 Å². The largest absolute Gasteiger partial charge is 0.488 e. The molecule has 0 spiro atoms. The molecule has 3 nitrogen and oxygen atoms in total. The number of benzene rings is 2. The van der Waals surface area contributed by atoms with Gasteiger partial charge in [0, 0.05) is 6.54 Å². The van der Waals surface area contributed by atoms with Crippen molar-refractivity contribution < 1.29 is 13.9 Å². The molecule has 21 heavy (non-hydrogen) atoms. The Morgan fingerprint density at radius 2 is 1.90 bits per heavy atom. The predicted molar refractivity (Wildman–Crippen MR) is 77.9 cm³/mol. The van der Waals surface area contributed by atoms with Gasteiger partial charge in [-0.3, -0.25) is 4.79 Å². The van der Waals surface area contributed by atoms with Crippen molar-refractivity contribution in [2.24, 2.45) is 0 Å². The highest BCUT2D eigenvalue weighted by molar-refractivity contribution is 5.99. The fourth-order valence-corrected chi connectivity index (χ4v) is 2.51. The lowest BCUT2D eigenvalue weighted by Crippen LogP contribution is -2.37. The predicted octanol–water partition coefficient (Wildman–Crippen LogP) is 3.19. The van der Waals surface area contributed by atoms with Gasteiger partial charge in [0.2, 0.25) is 0 Å². The molecule has 0 saturated heterocycles. The number of ether oxygens (including phenoxy) is 1. The molecule has 1 aliphatic heterocycles. The molecular formula is C17H16FNO2. The minimum atomic E-state index is -0.759. The Morgan fingerprint density at radius 3 is 2.67 bits per heavy atom. The number of halogens is 1. The highest BCUT2D eigenvalue weighted by Gasteiger charge is 2.27. The summed E-state index contributed by atoms with van der Waals surface area (Å²) in [6.45, 7) is 0.0516. The smallest absolute Gasteiger partial charge is 0.259 e. The summed E-state index contributed by atoms with van der Waals surface area (Å²) < 4.78 is 18.7. The highest BCUT2D eigenvalue weighted by Crippen LogP contribution is 2.28. The normalized spacial score (nSPS) is 14.0. The van der Waals surface area contributed by atoms with Crippen LogP contribution in [0.4, 0.5) is 4.39 Å². The molecule has 0 aromatic heterocycles. The Labute approximate surface area is 123 Å². The van der Waals surface area contributed by atoms with Crippen LogP contribution in [0.25, 0.3) is 0 Å². The molecule has 2 aromatic rings. The minimum absolute atomic E-state index is 0.289. The van der Waals surface area contributed by atoms with Crippen LogP contribution in [0, 0.1) is 0 Å². The second-order valence-electron chi connectivity index (χ2n) is 5.00. The van der Waals surface area contributed by atoms with E-state index in [1.54, 1.807) is 6.07 Å². The molecule has 0 fully saturated rings.